The molecule has 0 aromatic carbocycles. The van der Waals surface area contributed by atoms with Gasteiger partial charge in [-0.2, -0.15) is 0 Å². The molecule has 0 unspecified atom stereocenters. The Morgan fingerprint density at radius 3 is 2.58 bits per heavy atom. The Morgan fingerprint density at radius 2 is 2.16 bits per heavy atom. The van der Waals surface area contributed by atoms with Crippen LogP contribution < -0.4 is 4.90 Å². The highest BCUT2D eigenvalue weighted by atomic mass is 16.5. The van der Waals surface area contributed by atoms with Crippen molar-refractivity contribution < 1.29 is 9.53 Å². The number of aromatic nitrogens is 1. The summed E-state index contributed by atoms with van der Waals surface area (Å²) in [5, 5.41) is 0. The summed E-state index contributed by atoms with van der Waals surface area (Å²) in [4.78, 5) is 17.7. The third kappa shape index (κ3) is 3.68. The van der Waals surface area contributed by atoms with Gasteiger partial charge in [-0.1, -0.05) is 12.2 Å². The van der Waals surface area contributed by atoms with Crippen LogP contribution in [0.5, 0.6) is 0 Å². The Bertz CT molecular complexity index is 475. The van der Waals surface area contributed by atoms with E-state index in [-0.39, 0.29) is 5.97 Å². The maximum atomic E-state index is 11.4. The van der Waals surface area contributed by atoms with Crippen LogP contribution in [-0.4, -0.2) is 24.6 Å². The van der Waals surface area contributed by atoms with E-state index in [1.807, 2.05) is 38.1 Å². The van der Waals surface area contributed by atoms with Crippen molar-refractivity contribution in [3.05, 3.63) is 47.8 Å². The second kappa shape index (κ2) is 7.36. The van der Waals surface area contributed by atoms with Crippen LogP contribution in [0.1, 0.15) is 31.1 Å². The summed E-state index contributed by atoms with van der Waals surface area (Å²) in [6.45, 7) is 6.82. The predicted molar refractivity (Wildman–Crippen MR) is 77.2 cm³/mol. The molecule has 0 aliphatic carbocycles. The zero-order valence-corrected chi connectivity index (χ0v) is 11.9. The second-order valence-electron chi connectivity index (χ2n) is 3.85. The highest BCUT2D eigenvalue weighted by molar-refractivity contribution is 5.89. The van der Waals surface area contributed by atoms with Gasteiger partial charge in [0.15, 0.2) is 0 Å². The van der Waals surface area contributed by atoms with E-state index in [1.54, 1.807) is 6.07 Å². The molecule has 0 spiro atoms. The summed E-state index contributed by atoms with van der Waals surface area (Å²) in [7, 11) is 1.36. The van der Waals surface area contributed by atoms with Gasteiger partial charge in [-0.25, -0.2) is 9.78 Å². The molecule has 0 saturated carbocycles. The van der Waals surface area contributed by atoms with E-state index in [4.69, 9.17) is 0 Å². The number of methoxy groups -OCH3 is 1. The molecule has 0 bridgehead atoms. The molecule has 0 N–H and O–H groups in total. The number of pyridine rings is 1. The van der Waals surface area contributed by atoms with Gasteiger partial charge in [0.1, 0.15) is 5.82 Å². The maximum Gasteiger partial charge on any atom is 0.339 e. The van der Waals surface area contributed by atoms with Crippen LogP contribution in [0.25, 0.3) is 0 Å². The Labute approximate surface area is 114 Å². The van der Waals surface area contributed by atoms with Gasteiger partial charge in [0.05, 0.1) is 12.7 Å². The standard InChI is InChI=1S/C15H20N2O2/c1-5-8-13(6-2)17(7-3)14-10-9-12(11-16-14)15(18)19-4/h5-6,8-11H,7H2,1-4H3. The maximum absolute atomic E-state index is 11.4. The number of rotatable bonds is 5. The number of anilines is 1. The molecule has 1 aromatic heterocycles. The first kappa shape index (κ1) is 15.0. The van der Waals surface area contributed by atoms with Gasteiger partial charge < -0.3 is 9.64 Å². The van der Waals surface area contributed by atoms with Crippen LogP contribution >= 0.6 is 0 Å². The van der Waals surface area contributed by atoms with Gasteiger partial charge in [0.25, 0.3) is 0 Å². The van der Waals surface area contributed by atoms with Crippen molar-refractivity contribution in [1.82, 2.24) is 4.98 Å². The lowest BCUT2D eigenvalue weighted by atomic mass is 10.2. The summed E-state index contributed by atoms with van der Waals surface area (Å²) < 4.78 is 4.66. The third-order valence-electron chi connectivity index (χ3n) is 2.71. The topological polar surface area (TPSA) is 42.4 Å². The highest BCUT2D eigenvalue weighted by Gasteiger charge is 2.10. The molecular weight excluding hydrogens is 240 g/mol. The minimum Gasteiger partial charge on any atom is -0.465 e. The van der Waals surface area contributed by atoms with Crippen LogP contribution in [0, 0.1) is 0 Å². The molecule has 1 aromatic rings. The van der Waals surface area contributed by atoms with Gasteiger partial charge >= 0.3 is 5.97 Å². The number of allylic oxidation sites excluding steroid dienone is 3. The van der Waals surface area contributed by atoms with Crippen LogP contribution in [0.4, 0.5) is 5.82 Å². The monoisotopic (exact) mass is 260 g/mol. The first-order valence-corrected chi connectivity index (χ1v) is 6.28. The summed E-state index contributed by atoms with van der Waals surface area (Å²) in [6, 6.07) is 3.54. The smallest absolute Gasteiger partial charge is 0.339 e. The van der Waals surface area contributed by atoms with Gasteiger partial charge in [0.2, 0.25) is 0 Å². The summed E-state index contributed by atoms with van der Waals surface area (Å²) in [6.07, 6.45) is 7.58. The Balaban J connectivity index is 3.03. The molecule has 0 saturated heterocycles. The Hall–Kier alpha value is -2.10. The average molecular weight is 260 g/mol. The average Bonchev–Trinajstić information content (AvgIpc) is 2.46. The number of ether oxygens (including phenoxy) is 1. The number of nitrogens with zero attached hydrogens (tertiary/aromatic N) is 2. The molecule has 1 heterocycles. The molecule has 1 rings (SSSR count). The molecule has 19 heavy (non-hydrogen) atoms. The molecule has 0 aliphatic rings. The summed E-state index contributed by atoms with van der Waals surface area (Å²) in [5.74, 6) is 0.433. The van der Waals surface area contributed by atoms with Gasteiger partial charge in [-0.3, -0.25) is 0 Å². The SMILES string of the molecule is CC=CC(=CC)N(CC)c1ccc(C(=O)OC)cn1. The van der Waals surface area contributed by atoms with Crippen LogP contribution in [-0.2, 0) is 4.74 Å². The van der Waals surface area contributed by atoms with E-state index in [1.165, 1.54) is 13.3 Å². The number of carbonyl (C=O) groups excluding carboxylic acids is 1. The normalized spacial score (nSPS) is 11.7. The quantitative estimate of drug-likeness (QED) is 0.602. The van der Waals surface area contributed by atoms with Crippen molar-refractivity contribution in [2.45, 2.75) is 20.8 Å². The number of hydrogen-bond acceptors (Lipinski definition) is 4. The summed E-state index contributed by atoms with van der Waals surface area (Å²) >= 11 is 0. The van der Waals surface area contributed by atoms with Crippen molar-refractivity contribution in [2.75, 3.05) is 18.6 Å². The van der Waals surface area contributed by atoms with E-state index in [0.29, 0.717) is 5.56 Å². The van der Waals surface area contributed by atoms with Crippen LogP contribution in [0.15, 0.2) is 42.3 Å². The lowest BCUT2D eigenvalue weighted by Crippen LogP contribution is -2.22. The Kier molecular flexibility index (Phi) is 5.79. The largest absolute Gasteiger partial charge is 0.465 e. The van der Waals surface area contributed by atoms with Gasteiger partial charge in [-0.15, -0.1) is 0 Å². The Morgan fingerprint density at radius 1 is 1.42 bits per heavy atom. The zero-order valence-electron chi connectivity index (χ0n) is 11.9. The minimum absolute atomic E-state index is 0.373. The lowest BCUT2D eigenvalue weighted by Gasteiger charge is -2.23. The van der Waals surface area contributed by atoms with Gasteiger partial charge in [-0.05, 0) is 39.0 Å². The number of esters is 1. The van der Waals surface area contributed by atoms with E-state index < -0.39 is 0 Å². The molecule has 0 amide bonds. The van der Waals surface area contributed by atoms with Crippen LogP contribution in [0.2, 0.25) is 0 Å². The predicted octanol–water partition coefficient (Wildman–Crippen LogP) is 3.17. The van der Waals surface area contributed by atoms with Crippen molar-refractivity contribution in [3.8, 4) is 0 Å². The fourth-order valence-electron chi connectivity index (χ4n) is 1.77. The number of likely N-dealkylation sites (N-methyl/N-ethyl adjacent to an activating group) is 1. The van der Waals surface area contributed by atoms with E-state index in [9.17, 15) is 4.79 Å². The van der Waals surface area contributed by atoms with E-state index >= 15 is 0 Å². The lowest BCUT2D eigenvalue weighted by molar-refractivity contribution is 0.0600. The van der Waals surface area contributed by atoms with Crippen molar-refractivity contribution in [3.63, 3.8) is 0 Å². The third-order valence-corrected chi connectivity index (χ3v) is 2.71. The molecule has 4 heteroatoms. The van der Waals surface area contributed by atoms with E-state index in [0.717, 1.165) is 18.1 Å². The molecular formula is C15H20N2O2. The fourth-order valence-corrected chi connectivity index (χ4v) is 1.77. The fraction of sp³-hybridized carbons (Fsp3) is 0.333. The number of hydrogen-bond donors (Lipinski definition) is 0. The summed E-state index contributed by atoms with van der Waals surface area (Å²) in [5.41, 5.74) is 1.53. The van der Waals surface area contributed by atoms with Crippen LogP contribution in [0.3, 0.4) is 0 Å². The molecule has 0 atom stereocenters. The van der Waals surface area contributed by atoms with Crippen molar-refractivity contribution >= 4 is 11.8 Å². The molecule has 102 valence electrons. The zero-order chi connectivity index (χ0) is 14.3. The first-order chi connectivity index (χ1) is 9.17. The number of carbonyl (C=O) groups is 1. The molecule has 0 aliphatic heterocycles. The second-order valence-corrected chi connectivity index (χ2v) is 3.85. The molecule has 0 radical (unpaired) electrons. The van der Waals surface area contributed by atoms with E-state index in [2.05, 4.69) is 21.5 Å². The minimum atomic E-state index is -0.373. The van der Waals surface area contributed by atoms with Crippen molar-refractivity contribution in [2.24, 2.45) is 0 Å². The van der Waals surface area contributed by atoms with Gasteiger partial charge in [0, 0.05) is 18.4 Å². The van der Waals surface area contributed by atoms with Crippen molar-refractivity contribution in [1.29, 1.82) is 0 Å². The molecule has 4 nitrogen and oxygen atoms in total. The molecule has 0 fully saturated rings. The first-order valence-electron chi connectivity index (χ1n) is 6.28. The highest BCUT2D eigenvalue weighted by Crippen LogP contribution is 2.17.